The van der Waals surface area contributed by atoms with E-state index in [-0.39, 0.29) is 0 Å². The summed E-state index contributed by atoms with van der Waals surface area (Å²) in [5, 5.41) is 9.44. The molecule has 0 N–H and O–H groups in total. The summed E-state index contributed by atoms with van der Waals surface area (Å²) in [7, 11) is 3.78. The Bertz CT molecular complexity index is 659. The van der Waals surface area contributed by atoms with Crippen molar-refractivity contribution in [3.05, 3.63) is 23.9 Å². The molecule has 0 fully saturated rings. The van der Waals surface area contributed by atoms with Gasteiger partial charge in [-0.25, -0.2) is 0 Å². The van der Waals surface area contributed by atoms with Crippen LogP contribution in [0.3, 0.4) is 0 Å². The fourth-order valence-corrected chi connectivity index (χ4v) is 1.97. The summed E-state index contributed by atoms with van der Waals surface area (Å²) >= 11 is 0. The van der Waals surface area contributed by atoms with E-state index in [0.717, 1.165) is 22.6 Å². The van der Waals surface area contributed by atoms with Gasteiger partial charge in [-0.1, -0.05) is 12.1 Å². The highest BCUT2D eigenvalue weighted by Crippen LogP contribution is 2.24. The molecule has 0 amide bonds. The molecule has 0 aliphatic rings. The first-order chi connectivity index (χ1) is 7.66. The minimum absolute atomic E-state index is 0.848. The fraction of sp³-hybridized carbons (Fsp3) is 0.273. The standard InChI is InChI=1S/C11H12N4O/c1-7-9-5-4-8(11-13-16-15(11)3)6-10(9)14(2)12-7/h4-6H,1-3H3. The molecule has 0 aliphatic carbocycles. The van der Waals surface area contributed by atoms with Gasteiger partial charge in [0, 0.05) is 25.0 Å². The third-order valence-electron chi connectivity index (χ3n) is 2.84. The Labute approximate surface area is 92.2 Å². The van der Waals surface area contributed by atoms with Crippen molar-refractivity contribution in [2.75, 3.05) is 0 Å². The van der Waals surface area contributed by atoms with Crippen LogP contribution >= 0.6 is 0 Å². The number of aryl methyl sites for hydroxylation is 3. The normalized spacial score (nSPS) is 11.4. The molecule has 2 aromatic heterocycles. The highest BCUT2D eigenvalue weighted by atomic mass is 16.6. The van der Waals surface area contributed by atoms with Crippen LogP contribution in [-0.4, -0.2) is 19.7 Å². The Morgan fingerprint density at radius 1 is 1.25 bits per heavy atom. The largest absolute Gasteiger partial charge is 0.268 e. The van der Waals surface area contributed by atoms with Gasteiger partial charge in [-0.05, 0) is 18.1 Å². The highest BCUT2D eigenvalue weighted by molar-refractivity contribution is 5.85. The highest BCUT2D eigenvalue weighted by Gasteiger charge is 2.12. The van der Waals surface area contributed by atoms with Crippen LogP contribution in [0.15, 0.2) is 22.8 Å². The molecule has 0 bridgehead atoms. The number of fused-ring (bicyclic) bond motifs is 1. The molecular weight excluding hydrogens is 204 g/mol. The lowest BCUT2D eigenvalue weighted by atomic mass is 10.1. The molecule has 2 heterocycles. The summed E-state index contributed by atoms with van der Waals surface area (Å²) in [6.45, 7) is 2.01. The first kappa shape index (κ1) is 9.21. The molecule has 0 atom stereocenters. The summed E-state index contributed by atoms with van der Waals surface area (Å²) in [5.74, 6) is 0.848. The van der Waals surface area contributed by atoms with Crippen LogP contribution in [0.2, 0.25) is 0 Å². The van der Waals surface area contributed by atoms with Crippen molar-refractivity contribution in [1.29, 1.82) is 0 Å². The summed E-state index contributed by atoms with van der Waals surface area (Å²) < 4.78 is 8.37. The zero-order valence-electron chi connectivity index (χ0n) is 9.43. The molecule has 0 spiro atoms. The summed E-state index contributed by atoms with van der Waals surface area (Å²) in [4.78, 5) is 0. The monoisotopic (exact) mass is 216 g/mol. The summed E-state index contributed by atoms with van der Waals surface area (Å²) in [5.41, 5.74) is 3.20. The lowest BCUT2D eigenvalue weighted by molar-refractivity contribution is 0.145. The van der Waals surface area contributed by atoms with Gasteiger partial charge in [0.2, 0.25) is 5.82 Å². The van der Waals surface area contributed by atoms with Gasteiger partial charge < -0.3 is 0 Å². The topological polar surface area (TPSA) is 48.8 Å². The van der Waals surface area contributed by atoms with Crippen LogP contribution in [-0.2, 0) is 14.1 Å². The van der Waals surface area contributed by atoms with Gasteiger partial charge in [-0.15, -0.1) is 0 Å². The van der Waals surface area contributed by atoms with Gasteiger partial charge in [0.25, 0.3) is 0 Å². The summed E-state index contributed by atoms with van der Waals surface area (Å²) in [6, 6.07) is 6.18. The maximum atomic E-state index is 4.84. The Morgan fingerprint density at radius 3 is 2.69 bits per heavy atom. The zero-order valence-corrected chi connectivity index (χ0v) is 9.43. The number of nitrogens with zero attached hydrogens (tertiary/aromatic N) is 4. The van der Waals surface area contributed by atoms with Crippen molar-refractivity contribution in [2.24, 2.45) is 14.1 Å². The van der Waals surface area contributed by atoms with Crippen LogP contribution < -0.4 is 0 Å². The van der Waals surface area contributed by atoms with E-state index < -0.39 is 0 Å². The van der Waals surface area contributed by atoms with Gasteiger partial charge >= 0.3 is 0 Å². The van der Waals surface area contributed by atoms with Crippen molar-refractivity contribution in [3.8, 4) is 11.4 Å². The molecule has 0 saturated heterocycles. The van der Waals surface area contributed by atoms with Gasteiger partial charge in [0.05, 0.1) is 11.2 Å². The predicted molar refractivity (Wildman–Crippen MR) is 59.9 cm³/mol. The van der Waals surface area contributed by atoms with Crippen LogP contribution in [0, 0.1) is 6.92 Å². The third kappa shape index (κ3) is 1.11. The van der Waals surface area contributed by atoms with Crippen molar-refractivity contribution >= 4 is 10.9 Å². The van der Waals surface area contributed by atoms with E-state index in [1.807, 2.05) is 31.8 Å². The molecule has 5 nitrogen and oxygen atoms in total. The summed E-state index contributed by atoms with van der Waals surface area (Å²) in [6.07, 6.45) is 0. The molecular formula is C11H12N4O. The van der Waals surface area contributed by atoms with Crippen LogP contribution in [0.4, 0.5) is 0 Å². The van der Waals surface area contributed by atoms with Crippen molar-refractivity contribution in [1.82, 2.24) is 19.7 Å². The Kier molecular flexibility index (Phi) is 1.71. The second-order valence-electron chi connectivity index (χ2n) is 3.93. The van der Waals surface area contributed by atoms with Gasteiger partial charge in [-0.2, -0.15) is 9.84 Å². The number of hydrogen-bond acceptors (Lipinski definition) is 3. The number of rotatable bonds is 1. The molecule has 5 heteroatoms. The molecule has 16 heavy (non-hydrogen) atoms. The van der Waals surface area contributed by atoms with Crippen LogP contribution in [0.5, 0.6) is 0 Å². The maximum absolute atomic E-state index is 4.84. The second kappa shape index (κ2) is 2.98. The van der Waals surface area contributed by atoms with E-state index in [1.165, 1.54) is 5.39 Å². The lowest BCUT2D eigenvalue weighted by Gasteiger charge is -2.07. The molecule has 3 rings (SSSR count). The van der Waals surface area contributed by atoms with E-state index in [2.05, 4.69) is 22.4 Å². The molecule has 3 aromatic rings. The first-order valence-electron chi connectivity index (χ1n) is 5.09. The molecule has 82 valence electrons. The Morgan fingerprint density at radius 2 is 2.06 bits per heavy atom. The Hall–Kier alpha value is -2.04. The van der Waals surface area contributed by atoms with E-state index in [9.17, 15) is 0 Å². The lowest BCUT2D eigenvalue weighted by Crippen LogP contribution is -2.04. The number of aromatic nitrogens is 4. The van der Waals surface area contributed by atoms with Crippen molar-refractivity contribution < 1.29 is 4.63 Å². The third-order valence-corrected chi connectivity index (χ3v) is 2.84. The minimum Gasteiger partial charge on any atom is -0.268 e. The molecule has 1 aromatic carbocycles. The van der Waals surface area contributed by atoms with Crippen molar-refractivity contribution in [2.45, 2.75) is 6.92 Å². The zero-order chi connectivity index (χ0) is 11.3. The van der Waals surface area contributed by atoms with E-state index in [0.29, 0.717) is 0 Å². The van der Waals surface area contributed by atoms with Crippen LogP contribution in [0.1, 0.15) is 5.69 Å². The van der Waals surface area contributed by atoms with Crippen LogP contribution in [0.25, 0.3) is 22.3 Å². The molecule has 0 radical (unpaired) electrons. The predicted octanol–water partition coefficient (Wildman–Crippen LogP) is 1.88. The van der Waals surface area contributed by atoms with Gasteiger partial charge in [-0.3, -0.25) is 9.31 Å². The average Bonchev–Trinajstić information content (AvgIpc) is 2.53. The van der Waals surface area contributed by atoms with E-state index >= 15 is 0 Å². The molecule has 0 unspecified atom stereocenters. The Balaban J connectivity index is 2.25. The second-order valence-corrected chi connectivity index (χ2v) is 3.93. The maximum Gasteiger partial charge on any atom is 0.214 e. The number of benzene rings is 1. The van der Waals surface area contributed by atoms with E-state index in [1.54, 1.807) is 4.74 Å². The van der Waals surface area contributed by atoms with E-state index in [4.69, 9.17) is 4.63 Å². The quantitative estimate of drug-likeness (QED) is 0.624. The average molecular weight is 216 g/mol. The SMILES string of the molecule is Cc1nn(C)c2cc(-c3non3C)ccc12. The molecule has 0 aliphatic heterocycles. The van der Waals surface area contributed by atoms with Crippen molar-refractivity contribution in [3.63, 3.8) is 0 Å². The van der Waals surface area contributed by atoms with Gasteiger partial charge in [0.15, 0.2) is 0 Å². The molecule has 0 saturated carbocycles. The van der Waals surface area contributed by atoms with Gasteiger partial charge in [0.1, 0.15) is 0 Å². The minimum atomic E-state index is 0.848. The smallest absolute Gasteiger partial charge is 0.214 e. The first-order valence-corrected chi connectivity index (χ1v) is 5.09. The fourth-order valence-electron chi connectivity index (χ4n) is 1.97. The number of hydrogen-bond donors (Lipinski definition) is 0.